The van der Waals surface area contributed by atoms with Crippen LogP contribution in [-0.4, -0.2) is 11.0 Å². The number of anilines is 2. The van der Waals surface area contributed by atoms with Crippen molar-refractivity contribution in [2.75, 3.05) is 11.1 Å². The molecule has 1 atom stereocenters. The second kappa shape index (κ2) is 7.09. The molecule has 0 bridgehead atoms. The van der Waals surface area contributed by atoms with Gasteiger partial charge in [-0.2, -0.15) is 0 Å². The van der Waals surface area contributed by atoms with Gasteiger partial charge in [-0.15, -0.1) is 0 Å². The van der Waals surface area contributed by atoms with E-state index in [1.54, 1.807) is 6.20 Å². The molecule has 0 aliphatic heterocycles. The molecule has 3 heteroatoms. The number of hydrogen-bond donors (Lipinski definition) is 2. The molecule has 1 unspecified atom stereocenters. The van der Waals surface area contributed by atoms with E-state index in [-0.39, 0.29) is 0 Å². The molecule has 1 rings (SSSR count). The number of rotatable bonds is 7. The minimum atomic E-state index is 0.461. The van der Waals surface area contributed by atoms with Crippen LogP contribution in [0.3, 0.4) is 0 Å². The molecule has 3 nitrogen and oxygen atoms in total. The third kappa shape index (κ3) is 4.51. The van der Waals surface area contributed by atoms with Gasteiger partial charge in [-0.05, 0) is 25.5 Å². The maximum absolute atomic E-state index is 5.77. The van der Waals surface area contributed by atoms with Crippen molar-refractivity contribution in [2.45, 2.75) is 52.0 Å². The van der Waals surface area contributed by atoms with Gasteiger partial charge in [-0.25, -0.2) is 4.98 Å². The van der Waals surface area contributed by atoms with Crippen molar-refractivity contribution >= 4 is 11.5 Å². The minimum Gasteiger partial charge on any atom is -0.382 e. The number of unbranched alkanes of at least 4 members (excludes halogenated alkanes) is 3. The van der Waals surface area contributed by atoms with Gasteiger partial charge in [0.1, 0.15) is 5.82 Å². The van der Waals surface area contributed by atoms with Crippen molar-refractivity contribution in [3.05, 3.63) is 18.3 Å². The van der Waals surface area contributed by atoms with E-state index in [1.807, 2.05) is 12.1 Å². The molecule has 90 valence electrons. The number of pyridine rings is 1. The lowest BCUT2D eigenvalue weighted by Gasteiger charge is -2.15. The Hall–Kier alpha value is -1.25. The van der Waals surface area contributed by atoms with Crippen LogP contribution >= 0.6 is 0 Å². The van der Waals surface area contributed by atoms with Crippen LogP contribution in [0.1, 0.15) is 46.0 Å². The summed E-state index contributed by atoms with van der Waals surface area (Å²) < 4.78 is 0. The smallest absolute Gasteiger partial charge is 0.146 e. The zero-order chi connectivity index (χ0) is 11.8. The van der Waals surface area contributed by atoms with Crippen LogP contribution in [0, 0.1) is 0 Å². The lowest BCUT2D eigenvalue weighted by atomic mass is 10.1. The van der Waals surface area contributed by atoms with Crippen LogP contribution in [0.15, 0.2) is 18.3 Å². The number of nitrogen functional groups attached to an aromatic ring is 1. The Balaban J connectivity index is 2.28. The summed E-state index contributed by atoms with van der Waals surface area (Å²) in [6.45, 7) is 4.43. The minimum absolute atomic E-state index is 0.461. The highest BCUT2D eigenvalue weighted by Gasteiger charge is 2.04. The number of nitrogens with zero attached hydrogens (tertiary/aromatic N) is 1. The van der Waals surface area contributed by atoms with E-state index in [0.717, 1.165) is 5.69 Å². The van der Waals surface area contributed by atoms with E-state index < -0.39 is 0 Å². The predicted octanol–water partition coefficient (Wildman–Crippen LogP) is 3.43. The first-order valence-electron chi connectivity index (χ1n) is 6.21. The summed E-state index contributed by atoms with van der Waals surface area (Å²) in [5.41, 5.74) is 6.72. The summed E-state index contributed by atoms with van der Waals surface area (Å²) in [6.07, 6.45) is 8.13. The van der Waals surface area contributed by atoms with E-state index in [2.05, 4.69) is 24.1 Å². The largest absolute Gasteiger partial charge is 0.382 e. The number of hydrogen-bond acceptors (Lipinski definition) is 3. The first-order chi connectivity index (χ1) is 7.74. The Kier molecular flexibility index (Phi) is 5.68. The van der Waals surface area contributed by atoms with Crippen LogP contribution in [0.2, 0.25) is 0 Å². The molecule has 0 fully saturated rings. The zero-order valence-electron chi connectivity index (χ0n) is 10.4. The molecule has 16 heavy (non-hydrogen) atoms. The summed E-state index contributed by atoms with van der Waals surface area (Å²) in [7, 11) is 0. The Morgan fingerprint density at radius 3 is 2.88 bits per heavy atom. The molecule has 0 aliphatic carbocycles. The number of nitrogens with two attached hydrogens (primary N) is 1. The summed E-state index contributed by atoms with van der Waals surface area (Å²) in [6, 6.07) is 4.34. The Bertz CT molecular complexity index is 299. The predicted molar refractivity (Wildman–Crippen MR) is 70.5 cm³/mol. The third-order valence-corrected chi connectivity index (χ3v) is 2.73. The van der Waals surface area contributed by atoms with Crippen LogP contribution < -0.4 is 11.1 Å². The molecule has 1 aromatic heterocycles. The van der Waals surface area contributed by atoms with E-state index >= 15 is 0 Å². The molecule has 0 spiro atoms. The average molecular weight is 221 g/mol. The third-order valence-electron chi connectivity index (χ3n) is 2.73. The number of nitrogens with one attached hydrogen (secondary N) is 1. The Morgan fingerprint density at radius 2 is 2.19 bits per heavy atom. The second-order valence-corrected chi connectivity index (χ2v) is 4.33. The van der Waals surface area contributed by atoms with Crippen molar-refractivity contribution in [1.82, 2.24) is 4.98 Å². The molecular formula is C13H23N3. The Morgan fingerprint density at radius 1 is 1.38 bits per heavy atom. The van der Waals surface area contributed by atoms with Gasteiger partial charge in [0.25, 0.3) is 0 Å². The van der Waals surface area contributed by atoms with Gasteiger partial charge in [-0.1, -0.05) is 32.6 Å². The van der Waals surface area contributed by atoms with Gasteiger partial charge in [0, 0.05) is 12.2 Å². The molecule has 0 saturated heterocycles. The SMILES string of the molecule is CCCCCCC(C)Nc1cccnc1N. The monoisotopic (exact) mass is 221 g/mol. The lowest BCUT2D eigenvalue weighted by Crippen LogP contribution is -2.16. The molecule has 0 aliphatic rings. The fourth-order valence-corrected chi connectivity index (χ4v) is 1.75. The maximum atomic E-state index is 5.77. The molecule has 0 radical (unpaired) electrons. The van der Waals surface area contributed by atoms with Crippen LogP contribution in [0.25, 0.3) is 0 Å². The van der Waals surface area contributed by atoms with E-state index in [0.29, 0.717) is 11.9 Å². The quantitative estimate of drug-likeness (QED) is 0.693. The normalized spacial score (nSPS) is 12.4. The molecule has 0 saturated carbocycles. The van der Waals surface area contributed by atoms with Gasteiger partial charge >= 0.3 is 0 Å². The summed E-state index contributed by atoms with van der Waals surface area (Å²) in [5, 5.41) is 3.40. The molecule has 0 aromatic carbocycles. The van der Waals surface area contributed by atoms with Crippen LogP contribution in [-0.2, 0) is 0 Å². The lowest BCUT2D eigenvalue weighted by molar-refractivity contribution is 0.594. The van der Waals surface area contributed by atoms with Crippen molar-refractivity contribution < 1.29 is 0 Å². The highest BCUT2D eigenvalue weighted by molar-refractivity contribution is 5.61. The Labute approximate surface area is 98.5 Å². The van der Waals surface area contributed by atoms with Crippen LogP contribution in [0.5, 0.6) is 0 Å². The van der Waals surface area contributed by atoms with E-state index in [9.17, 15) is 0 Å². The standard InChI is InChI=1S/C13H23N3/c1-3-4-5-6-8-11(2)16-12-9-7-10-15-13(12)14/h7,9-11,16H,3-6,8H2,1-2H3,(H2,14,15). The van der Waals surface area contributed by atoms with Crippen LogP contribution in [0.4, 0.5) is 11.5 Å². The van der Waals surface area contributed by atoms with Crippen molar-refractivity contribution in [2.24, 2.45) is 0 Å². The molecule has 1 heterocycles. The van der Waals surface area contributed by atoms with Gasteiger partial charge in [-0.3, -0.25) is 0 Å². The number of aromatic nitrogens is 1. The average Bonchev–Trinajstić information content (AvgIpc) is 2.28. The molecule has 0 amide bonds. The van der Waals surface area contributed by atoms with E-state index in [4.69, 9.17) is 5.73 Å². The zero-order valence-corrected chi connectivity index (χ0v) is 10.4. The first kappa shape index (κ1) is 12.8. The van der Waals surface area contributed by atoms with Gasteiger partial charge in [0.05, 0.1) is 5.69 Å². The van der Waals surface area contributed by atoms with Crippen molar-refractivity contribution in [3.63, 3.8) is 0 Å². The fourth-order valence-electron chi connectivity index (χ4n) is 1.75. The van der Waals surface area contributed by atoms with Gasteiger partial charge < -0.3 is 11.1 Å². The molecule has 1 aromatic rings. The van der Waals surface area contributed by atoms with E-state index in [1.165, 1.54) is 32.1 Å². The molecular weight excluding hydrogens is 198 g/mol. The van der Waals surface area contributed by atoms with Crippen molar-refractivity contribution in [1.29, 1.82) is 0 Å². The fraction of sp³-hybridized carbons (Fsp3) is 0.615. The van der Waals surface area contributed by atoms with Gasteiger partial charge in [0.2, 0.25) is 0 Å². The highest BCUT2D eigenvalue weighted by Crippen LogP contribution is 2.16. The topological polar surface area (TPSA) is 50.9 Å². The van der Waals surface area contributed by atoms with Crippen molar-refractivity contribution in [3.8, 4) is 0 Å². The first-order valence-corrected chi connectivity index (χ1v) is 6.21. The highest BCUT2D eigenvalue weighted by atomic mass is 15.0. The summed E-state index contributed by atoms with van der Waals surface area (Å²) in [4.78, 5) is 4.06. The second-order valence-electron chi connectivity index (χ2n) is 4.33. The summed E-state index contributed by atoms with van der Waals surface area (Å²) >= 11 is 0. The summed E-state index contributed by atoms with van der Waals surface area (Å²) in [5.74, 6) is 0.586. The van der Waals surface area contributed by atoms with Gasteiger partial charge in [0.15, 0.2) is 0 Å². The maximum Gasteiger partial charge on any atom is 0.146 e. The molecule has 3 N–H and O–H groups in total.